The molecule has 4 aliphatic rings. The molecule has 154 valence electrons. The molecule has 0 unspecified atom stereocenters. The number of carbonyl (C=O) groups is 1. The van der Waals surface area contributed by atoms with Crippen molar-refractivity contribution < 1.29 is 4.79 Å². The van der Waals surface area contributed by atoms with Crippen LogP contribution in [0.2, 0.25) is 0 Å². The zero-order chi connectivity index (χ0) is 20.2. The van der Waals surface area contributed by atoms with Crippen LogP contribution in [-0.4, -0.2) is 36.9 Å². The third-order valence-corrected chi connectivity index (χ3v) is 8.14. The van der Waals surface area contributed by atoms with Crippen molar-refractivity contribution in [2.45, 2.75) is 75.2 Å². The predicted molar refractivity (Wildman–Crippen MR) is 113 cm³/mol. The Labute approximate surface area is 176 Å². The van der Waals surface area contributed by atoms with E-state index in [1.165, 1.54) is 50.3 Å². The number of aromatic nitrogens is 4. The van der Waals surface area contributed by atoms with Crippen LogP contribution in [-0.2, 0) is 4.79 Å². The number of benzene rings is 1. The Bertz CT molecular complexity index is 904. The SMILES string of the molecule is Cc1ccc(C)c(-n2nnnc2S[C@H](C)C(=O)NC23CC4CC(CC(C4)C2)C3)c1. The van der Waals surface area contributed by atoms with Crippen molar-refractivity contribution in [1.82, 2.24) is 25.5 Å². The van der Waals surface area contributed by atoms with Crippen LogP contribution in [0.25, 0.3) is 5.69 Å². The van der Waals surface area contributed by atoms with E-state index >= 15 is 0 Å². The molecule has 4 aliphatic carbocycles. The average Bonchev–Trinajstić information content (AvgIpc) is 3.10. The van der Waals surface area contributed by atoms with Crippen molar-refractivity contribution in [3.63, 3.8) is 0 Å². The molecule has 1 amide bonds. The molecular formula is C22H29N5OS. The van der Waals surface area contributed by atoms with Crippen molar-refractivity contribution in [3.8, 4) is 5.69 Å². The smallest absolute Gasteiger partial charge is 0.233 e. The van der Waals surface area contributed by atoms with Crippen molar-refractivity contribution >= 4 is 17.7 Å². The summed E-state index contributed by atoms with van der Waals surface area (Å²) in [6.45, 7) is 6.07. The molecule has 1 aromatic carbocycles. The molecule has 4 saturated carbocycles. The standard InChI is InChI=1S/C22H29N5OS/c1-13-4-5-14(2)19(6-13)27-21(24-25-26-27)29-15(3)20(28)23-22-10-16-7-17(11-22)9-18(8-16)12-22/h4-6,15-18H,7-12H2,1-3H3,(H,23,28)/t15-,16?,17?,18?,22?/m1/s1. The van der Waals surface area contributed by atoms with Crippen LogP contribution in [0.5, 0.6) is 0 Å². The number of hydrogen-bond donors (Lipinski definition) is 1. The second kappa shape index (κ2) is 7.11. The van der Waals surface area contributed by atoms with Crippen LogP contribution >= 0.6 is 11.8 Å². The molecule has 4 bridgehead atoms. The van der Waals surface area contributed by atoms with Gasteiger partial charge in [0.2, 0.25) is 11.1 Å². The molecule has 6 rings (SSSR count). The molecule has 1 heterocycles. The maximum Gasteiger partial charge on any atom is 0.233 e. The van der Waals surface area contributed by atoms with Crippen LogP contribution in [0.3, 0.4) is 0 Å². The third kappa shape index (κ3) is 3.58. The normalized spacial score (nSPS) is 31.1. The topological polar surface area (TPSA) is 72.7 Å². The fourth-order valence-electron chi connectivity index (χ4n) is 6.19. The summed E-state index contributed by atoms with van der Waals surface area (Å²) < 4.78 is 1.75. The Morgan fingerprint density at radius 1 is 1.17 bits per heavy atom. The molecule has 4 fully saturated rings. The van der Waals surface area contributed by atoms with Gasteiger partial charge in [-0.3, -0.25) is 4.79 Å². The maximum absolute atomic E-state index is 13.1. The first-order valence-electron chi connectivity index (χ1n) is 10.8. The summed E-state index contributed by atoms with van der Waals surface area (Å²) in [6.07, 6.45) is 7.64. The highest BCUT2D eigenvalue weighted by molar-refractivity contribution is 8.00. The highest BCUT2D eigenvalue weighted by atomic mass is 32.2. The number of amides is 1. The van der Waals surface area contributed by atoms with Gasteiger partial charge in [-0.25, -0.2) is 0 Å². The number of nitrogens with one attached hydrogen (secondary N) is 1. The Balaban J connectivity index is 1.30. The van der Waals surface area contributed by atoms with Crippen molar-refractivity contribution in [2.75, 3.05) is 0 Å². The van der Waals surface area contributed by atoms with E-state index in [1.54, 1.807) is 4.68 Å². The Morgan fingerprint density at radius 3 is 2.48 bits per heavy atom. The van der Waals surface area contributed by atoms with E-state index in [9.17, 15) is 4.79 Å². The largest absolute Gasteiger partial charge is 0.350 e. The van der Waals surface area contributed by atoms with E-state index in [0.29, 0.717) is 5.16 Å². The number of thioether (sulfide) groups is 1. The highest BCUT2D eigenvalue weighted by Gasteiger charge is 2.51. The first kappa shape index (κ1) is 19.1. The van der Waals surface area contributed by atoms with Crippen LogP contribution in [0, 0.1) is 31.6 Å². The van der Waals surface area contributed by atoms with Gasteiger partial charge in [0.15, 0.2) is 0 Å². The number of tetrazole rings is 1. The van der Waals surface area contributed by atoms with Gasteiger partial charge in [-0.2, -0.15) is 4.68 Å². The zero-order valence-corrected chi connectivity index (χ0v) is 18.2. The van der Waals surface area contributed by atoms with Gasteiger partial charge >= 0.3 is 0 Å². The van der Waals surface area contributed by atoms with Gasteiger partial charge in [0.05, 0.1) is 10.9 Å². The van der Waals surface area contributed by atoms with Crippen LogP contribution in [0.1, 0.15) is 56.6 Å². The predicted octanol–water partition coefficient (Wildman–Crippen LogP) is 3.84. The van der Waals surface area contributed by atoms with E-state index < -0.39 is 0 Å². The van der Waals surface area contributed by atoms with Gasteiger partial charge in [0, 0.05) is 5.54 Å². The third-order valence-electron chi connectivity index (χ3n) is 7.11. The van der Waals surface area contributed by atoms with E-state index in [-0.39, 0.29) is 16.7 Å². The van der Waals surface area contributed by atoms with E-state index in [1.807, 2.05) is 13.8 Å². The lowest BCUT2D eigenvalue weighted by atomic mass is 9.53. The molecule has 0 aliphatic heterocycles. The van der Waals surface area contributed by atoms with Gasteiger partial charge in [0.1, 0.15) is 0 Å². The van der Waals surface area contributed by atoms with Gasteiger partial charge < -0.3 is 5.32 Å². The maximum atomic E-state index is 13.1. The first-order chi connectivity index (χ1) is 13.9. The molecule has 7 heteroatoms. The second-order valence-electron chi connectivity index (χ2n) is 9.61. The second-order valence-corrected chi connectivity index (χ2v) is 10.9. The minimum absolute atomic E-state index is 0.0414. The number of carbonyl (C=O) groups excluding carboxylic acids is 1. The van der Waals surface area contributed by atoms with Crippen molar-refractivity contribution in [1.29, 1.82) is 0 Å². The van der Waals surface area contributed by atoms with E-state index in [2.05, 4.69) is 46.0 Å². The molecule has 1 atom stereocenters. The molecule has 1 aromatic heterocycles. The summed E-state index contributed by atoms with van der Waals surface area (Å²) in [5, 5.41) is 16.2. The van der Waals surface area contributed by atoms with Gasteiger partial charge in [-0.1, -0.05) is 23.9 Å². The fourth-order valence-corrected chi connectivity index (χ4v) is 6.99. The van der Waals surface area contributed by atoms with E-state index in [4.69, 9.17) is 0 Å². The lowest BCUT2D eigenvalue weighted by molar-refractivity contribution is -0.126. The monoisotopic (exact) mass is 411 g/mol. The molecule has 0 saturated heterocycles. The molecule has 2 aromatic rings. The van der Waals surface area contributed by atoms with Gasteiger partial charge in [-0.15, -0.1) is 5.10 Å². The summed E-state index contributed by atoms with van der Waals surface area (Å²) in [7, 11) is 0. The summed E-state index contributed by atoms with van der Waals surface area (Å²) in [6, 6.07) is 6.23. The molecule has 29 heavy (non-hydrogen) atoms. The minimum atomic E-state index is -0.238. The molecule has 6 nitrogen and oxygen atoms in total. The molecule has 0 spiro atoms. The Hall–Kier alpha value is -1.89. The summed E-state index contributed by atoms with van der Waals surface area (Å²) in [5.41, 5.74) is 3.27. The fraction of sp³-hybridized carbons (Fsp3) is 0.636. The average molecular weight is 412 g/mol. The lowest BCUT2D eigenvalue weighted by Gasteiger charge is -2.57. The lowest BCUT2D eigenvalue weighted by Crippen LogP contribution is -2.60. The van der Waals surface area contributed by atoms with Gasteiger partial charge in [0.25, 0.3) is 0 Å². The summed E-state index contributed by atoms with van der Waals surface area (Å²) >= 11 is 1.44. The Morgan fingerprint density at radius 2 is 1.83 bits per heavy atom. The van der Waals surface area contributed by atoms with Crippen LogP contribution in [0.15, 0.2) is 23.4 Å². The Kier molecular flexibility index (Phi) is 4.68. The number of rotatable bonds is 5. The first-order valence-corrected chi connectivity index (χ1v) is 11.6. The van der Waals surface area contributed by atoms with Gasteiger partial charge in [-0.05, 0) is 105 Å². The van der Waals surface area contributed by atoms with Crippen LogP contribution < -0.4 is 5.32 Å². The molecule has 1 N–H and O–H groups in total. The molecule has 0 radical (unpaired) electrons. The number of hydrogen-bond acceptors (Lipinski definition) is 5. The van der Waals surface area contributed by atoms with Crippen molar-refractivity contribution in [2.24, 2.45) is 17.8 Å². The van der Waals surface area contributed by atoms with Crippen LogP contribution in [0.4, 0.5) is 0 Å². The number of aryl methyl sites for hydroxylation is 2. The quantitative estimate of drug-likeness (QED) is 0.757. The molecular weight excluding hydrogens is 382 g/mol. The minimum Gasteiger partial charge on any atom is -0.350 e. The summed E-state index contributed by atoms with van der Waals surface area (Å²) in [5.74, 6) is 2.58. The van der Waals surface area contributed by atoms with Crippen molar-refractivity contribution in [3.05, 3.63) is 29.3 Å². The van der Waals surface area contributed by atoms with E-state index in [0.717, 1.165) is 34.6 Å². The number of nitrogens with zero attached hydrogens (tertiary/aromatic N) is 4. The zero-order valence-electron chi connectivity index (χ0n) is 17.4. The summed E-state index contributed by atoms with van der Waals surface area (Å²) in [4.78, 5) is 13.1. The highest BCUT2D eigenvalue weighted by Crippen LogP contribution is 2.55.